The van der Waals surface area contributed by atoms with Crippen LogP contribution >= 0.6 is 0 Å². The summed E-state index contributed by atoms with van der Waals surface area (Å²) in [4.78, 5) is 14.3. The number of amides is 1. The van der Waals surface area contributed by atoms with E-state index in [4.69, 9.17) is 4.74 Å². The first-order valence-corrected chi connectivity index (χ1v) is 6.69. The van der Waals surface area contributed by atoms with Crippen LogP contribution in [-0.2, 0) is 9.53 Å². The van der Waals surface area contributed by atoms with Crippen molar-refractivity contribution in [2.75, 3.05) is 13.2 Å². The maximum absolute atomic E-state index is 12.3. The molecule has 1 N–H and O–H groups in total. The molecule has 0 bridgehead atoms. The van der Waals surface area contributed by atoms with Crippen LogP contribution < -0.4 is 5.32 Å². The third kappa shape index (κ3) is 2.47. The fourth-order valence-corrected chi connectivity index (χ4v) is 2.78. The maximum atomic E-state index is 12.3. The molecule has 0 aromatic carbocycles. The first-order chi connectivity index (χ1) is 8.00. The smallest absolute Gasteiger partial charge is 0.241 e. The van der Waals surface area contributed by atoms with Gasteiger partial charge in [0, 0.05) is 19.1 Å². The van der Waals surface area contributed by atoms with E-state index < -0.39 is 0 Å². The van der Waals surface area contributed by atoms with Gasteiger partial charge in [0.25, 0.3) is 0 Å². The fraction of sp³-hybridized carbons (Fsp3) is 0.923. The molecule has 1 amide bonds. The zero-order valence-corrected chi connectivity index (χ0v) is 11.3. The Morgan fingerprint density at radius 1 is 1.47 bits per heavy atom. The van der Waals surface area contributed by atoms with Crippen molar-refractivity contribution in [1.29, 1.82) is 0 Å². The van der Waals surface area contributed by atoms with Crippen LogP contribution in [0.5, 0.6) is 0 Å². The molecule has 2 saturated heterocycles. The zero-order valence-electron chi connectivity index (χ0n) is 11.3. The molecule has 98 valence electrons. The second-order valence-electron chi connectivity index (χ2n) is 5.68. The lowest BCUT2D eigenvalue weighted by molar-refractivity contribution is -0.131. The number of ether oxygens (including phenoxy) is 1. The number of carbonyl (C=O) groups excluding carboxylic acids is 1. The predicted molar refractivity (Wildman–Crippen MR) is 66.5 cm³/mol. The van der Waals surface area contributed by atoms with Gasteiger partial charge in [-0.05, 0) is 26.2 Å². The van der Waals surface area contributed by atoms with Crippen LogP contribution in [0.2, 0.25) is 0 Å². The third-order valence-electron chi connectivity index (χ3n) is 4.07. The minimum absolute atomic E-state index is 0.0115. The molecule has 0 saturated carbocycles. The topological polar surface area (TPSA) is 41.6 Å². The summed E-state index contributed by atoms with van der Waals surface area (Å²) in [7, 11) is 0. The average molecular weight is 240 g/mol. The normalized spacial score (nSPS) is 38.4. The lowest BCUT2D eigenvalue weighted by Crippen LogP contribution is -2.40. The van der Waals surface area contributed by atoms with Gasteiger partial charge in [-0.1, -0.05) is 13.8 Å². The van der Waals surface area contributed by atoms with E-state index in [0.717, 1.165) is 19.6 Å². The van der Waals surface area contributed by atoms with Gasteiger partial charge in [0.15, 0.2) is 0 Å². The van der Waals surface area contributed by atoms with Crippen molar-refractivity contribution in [3.63, 3.8) is 0 Å². The highest BCUT2D eigenvalue weighted by atomic mass is 16.5. The van der Waals surface area contributed by atoms with Crippen LogP contribution in [0.25, 0.3) is 0 Å². The van der Waals surface area contributed by atoms with Crippen LogP contribution in [0.1, 0.15) is 34.1 Å². The molecule has 0 radical (unpaired) electrons. The molecule has 2 aliphatic rings. The molecule has 4 nitrogen and oxygen atoms in total. The molecule has 0 aromatic heterocycles. The Morgan fingerprint density at radius 2 is 2.18 bits per heavy atom. The Balaban J connectivity index is 1.99. The van der Waals surface area contributed by atoms with E-state index in [9.17, 15) is 4.79 Å². The van der Waals surface area contributed by atoms with Crippen molar-refractivity contribution in [3.05, 3.63) is 0 Å². The van der Waals surface area contributed by atoms with Gasteiger partial charge in [0.1, 0.15) is 0 Å². The molecule has 4 heteroatoms. The highest BCUT2D eigenvalue weighted by Crippen LogP contribution is 2.25. The van der Waals surface area contributed by atoms with Crippen LogP contribution in [0.3, 0.4) is 0 Å². The molecule has 4 atom stereocenters. The number of nitrogens with one attached hydrogen (secondary N) is 1. The van der Waals surface area contributed by atoms with Crippen molar-refractivity contribution >= 4 is 5.91 Å². The summed E-state index contributed by atoms with van der Waals surface area (Å²) in [6.45, 7) is 10.0. The van der Waals surface area contributed by atoms with Gasteiger partial charge in [-0.25, -0.2) is 0 Å². The third-order valence-corrected chi connectivity index (χ3v) is 4.07. The Morgan fingerprint density at radius 3 is 2.65 bits per heavy atom. The molecule has 17 heavy (non-hydrogen) atoms. The Labute approximate surface area is 104 Å². The van der Waals surface area contributed by atoms with Gasteiger partial charge in [-0.3, -0.25) is 10.1 Å². The van der Waals surface area contributed by atoms with E-state index in [1.54, 1.807) is 0 Å². The average Bonchev–Trinajstić information content (AvgIpc) is 2.77. The number of hydrogen-bond donors (Lipinski definition) is 1. The summed E-state index contributed by atoms with van der Waals surface area (Å²) in [5.41, 5.74) is 0. The first-order valence-electron chi connectivity index (χ1n) is 6.69. The van der Waals surface area contributed by atoms with Gasteiger partial charge in [0.2, 0.25) is 5.91 Å². The van der Waals surface area contributed by atoms with Gasteiger partial charge in [-0.2, -0.15) is 0 Å². The lowest BCUT2D eigenvalue weighted by atomic mass is 10.0. The summed E-state index contributed by atoms with van der Waals surface area (Å²) in [5.74, 6) is 1.10. The summed E-state index contributed by atoms with van der Waals surface area (Å²) < 4.78 is 5.56. The van der Waals surface area contributed by atoms with E-state index in [2.05, 4.69) is 33.0 Å². The summed E-state index contributed by atoms with van der Waals surface area (Å²) >= 11 is 0. The zero-order chi connectivity index (χ0) is 12.6. The van der Waals surface area contributed by atoms with Crippen molar-refractivity contribution < 1.29 is 9.53 Å². The minimum atomic E-state index is -0.0115. The second kappa shape index (κ2) is 4.94. The van der Waals surface area contributed by atoms with Crippen molar-refractivity contribution in [3.8, 4) is 0 Å². The molecule has 0 aromatic rings. The molecule has 2 fully saturated rings. The number of hydrogen-bond acceptors (Lipinski definition) is 3. The van der Waals surface area contributed by atoms with E-state index in [-0.39, 0.29) is 24.2 Å². The van der Waals surface area contributed by atoms with E-state index in [1.807, 2.05) is 4.90 Å². The highest BCUT2D eigenvalue weighted by molar-refractivity contribution is 5.84. The molecule has 2 aliphatic heterocycles. The standard InChI is InChI=1S/C13H24N2O2/c1-8(2)12-13(16)15(10(4)14-12)7-11-5-6-17-9(11)3/h8-12,14H,5-7H2,1-4H3. The maximum Gasteiger partial charge on any atom is 0.241 e. The largest absolute Gasteiger partial charge is 0.378 e. The molecule has 0 aliphatic carbocycles. The molecular formula is C13H24N2O2. The SMILES string of the molecule is CC(C)C1NC(C)N(CC2CCOC2C)C1=O. The molecule has 2 rings (SSSR count). The van der Waals surface area contributed by atoms with E-state index in [0.29, 0.717) is 11.8 Å². The van der Waals surface area contributed by atoms with E-state index >= 15 is 0 Å². The van der Waals surface area contributed by atoms with Crippen LogP contribution in [-0.4, -0.2) is 42.3 Å². The first kappa shape index (κ1) is 12.8. The van der Waals surface area contributed by atoms with Crippen LogP contribution in [0, 0.1) is 11.8 Å². The predicted octanol–water partition coefficient (Wildman–Crippen LogP) is 1.21. The monoisotopic (exact) mass is 240 g/mol. The summed E-state index contributed by atoms with van der Waals surface area (Å²) in [6, 6.07) is -0.0115. The van der Waals surface area contributed by atoms with Gasteiger partial charge in [0.05, 0.1) is 18.3 Å². The number of nitrogens with zero attached hydrogens (tertiary/aromatic N) is 1. The van der Waals surface area contributed by atoms with Crippen LogP contribution in [0.15, 0.2) is 0 Å². The molecule has 0 spiro atoms. The Hall–Kier alpha value is -0.610. The molecular weight excluding hydrogens is 216 g/mol. The quantitative estimate of drug-likeness (QED) is 0.806. The van der Waals surface area contributed by atoms with Crippen molar-refractivity contribution in [1.82, 2.24) is 10.2 Å². The summed E-state index contributed by atoms with van der Waals surface area (Å²) in [5, 5.41) is 3.38. The van der Waals surface area contributed by atoms with Gasteiger partial charge < -0.3 is 9.64 Å². The van der Waals surface area contributed by atoms with Gasteiger partial charge >= 0.3 is 0 Å². The Bertz CT molecular complexity index is 293. The fourth-order valence-electron chi connectivity index (χ4n) is 2.78. The van der Waals surface area contributed by atoms with Crippen LogP contribution in [0.4, 0.5) is 0 Å². The lowest BCUT2D eigenvalue weighted by Gasteiger charge is -2.25. The van der Waals surface area contributed by atoms with Crippen molar-refractivity contribution in [2.45, 2.75) is 52.4 Å². The van der Waals surface area contributed by atoms with E-state index in [1.165, 1.54) is 0 Å². The summed E-state index contributed by atoms with van der Waals surface area (Å²) in [6.07, 6.45) is 1.51. The minimum Gasteiger partial charge on any atom is -0.378 e. The number of rotatable bonds is 3. The van der Waals surface area contributed by atoms with Crippen molar-refractivity contribution in [2.24, 2.45) is 11.8 Å². The molecule has 4 unspecified atom stereocenters. The Kier molecular flexibility index (Phi) is 3.73. The highest BCUT2D eigenvalue weighted by Gasteiger charge is 2.40. The molecule has 2 heterocycles. The second-order valence-corrected chi connectivity index (χ2v) is 5.68. The number of carbonyl (C=O) groups is 1. The van der Waals surface area contributed by atoms with Gasteiger partial charge in [-0.15, -0.1) is 0 Å².